The van der Waals surface area contributed by atoms with Crippen LogP contribution in [0.1, 0.15) is 16.1 Å². The molecule has 0 aliphatic carbocycles. The van der Waals surface area contributed by atoms with E-state index >= 15 is 0 Å². The average Bonchev–Trinajstić information content (AvgIpc) is 2.93. The molecular formula is C19H19ClN2O2S. The standard InChI is InChI=1S/C19H19ClN2O2S/c1-12-18(14-5-3-4-6-16(14)22-12)25-10-9-21-19(23)15-11-13(20)7-8-17(15)24-2/h3-8,11,22H,9-10H2,1-2H3,(H,21,23). The summed E-state index contributed by atoms with van der Waals surface area (Å²) in [5.41, 5.74) is 2.73. The molecule has 0 spiro atoms. The van der Waals surface area contributed by atoms with Crippen LogP contribution in [0.2, 0.25) is 5.02 Å². The Morgan fingerprint density at radius 3 is 2.88 bits per heavy atom. The third-order valence-electron chi connectivity index (χ3n) is 3.87. The molecule has 0 fully saturated rings. The van der Waals surface area contributed by atoms with E-state index in [0.717, 1.165) is 17.0 Å². The van der Waals surface area contributed by atoms with Crippen LogP contribution >= 0.6 is 23.4 Å². The van der Waals surface area contributed by atoms with E-state index in [2.05, 4.69) is 29.4 Å². The number of para-hydroxylation sites is 1. The van der Waals surface area contributed by atoms with Gasteiger partial charge >= 0.3 is 0 Å². The lowest BCUT2D eigenvalue weighted by atomic mass is 10.2. The van der Waals surface area contributed by atoms with Gasteiger partial charge in [-0.1, -0.05) is 29.8 Å². The maximum absolute atomic E-state index is 12.4. The number of hydrogen-bond acceptors (Lipinski definition) is 3. The minimum Gasteiger partial charge on any atom is -0.496 e. The minimum absolute atomic E-state index is 0.185. The fraction of sp³-hybridized carbons (Fsp3) is 0.211. The predicted octanol–water partition coefficient (Wildman–Crippen LogP) is 4.66. The lowest BCUT2D eigenvalue weighted by Gasteiger charge is -2.09. The number of aromatic amines is 1. The van der Waals surface area contributed by atoms with Crippen LogP contribution in [0.4, 0.5) is 0 Å². The Morgan fingerprint density at radius 2 is 2.08 bits per heavy atom. The maximum Gasteiger partial charge on any atom is 0.255 e. The van der Waals surface area contributed by atoms with Crippen LogP contribution in [0.25, 0.3) is 10.9 Å². The van der Waals surface area contributed by atoms with Crippen molar-refractivity contribution in [1.82, 2.24) is 10.3 Å². The summed E-state index contributed by atoms with van der Waals surface area (Å²) in [4.78, 5) is 17.0. The molecule has 2 aromatic carbocycles. The number of aromatic nitrogens is 1. The van der Waals surface area contributed by atoms with Gasteiger partial charge in [-0.15, -0.1) is 11.8 Å². The van der Waals surface area contributed by atoms with E-state index in [1.165, 1.54) is 17.4 Å². The van der Waals surface area contributed by atoms with Crippen molar-refractivity contribution in [3.63, 3.8) is 0 Å². The van der Waals surface area contributed by atoms with Gasteiger partial charge in [0.25, 0.3) is 5.91 Å². The average molecular weight is 375 g/mol. The summed E-state index contributed by atoms with van der Waals surface area (Å²) < 4.78 is 5.22. The van der Waals surface area contributed by atoms with Crippen molar-refractivity contribution in [2.24, 2.45) is 0 Å². The summed E-state index contributed by atoms with van der Waals surface area (Å²) in [7, 11) is 1.54. The Hall–Kier alpha value is -2.11. The molecule has 4 nitrogen and oxygen atoms in total. The third kappa shape index (κ3) is 3.94. The van der Waals surface area contributed by atoms with Crippen molar-refractivity contribution in [3.05, 3.63) is 58.7 Å². The number of nitrogens with one attached hydrogen (secondary N) is 2. The number of H-pyrrole nitrogens is 1. The molecule has 1 heterocycles. The molecule has 0 saturated heterocycles. The van der Waals surface area contributed by atoms with E-state index in [1.54, 1.807) is 30.0 Å². The number of fused-ring (bicyclic) bond motifs is 1. The molecule has 0 saturated carbocycles. The fourth-order valence-corrected chi connectivity index (χ4v) is 3.89. The summed E-state index contributed by atoms with van der Waals surface area (Å²) in [6.07, 6.45) is 0. The first-order valence-corrected chi connectivity index (χ1v) is 9.28. The zero-order valence-electron chi connectivity index (χ0n) is 14.1. The summed E-state index contributed by atoms with van der Waals surface area (Å²) in [6.45, 7) is 2.62. The Kier molecular flexibility index (Phi) is 5.56. The summed E-state index contributed by atoms with van der Waals surface area (Å²) >= 11 is 7.71. The second-order valence-corrected chi connectivity index (χ2v) is 7.12. The molecule has 3 aromatic rings. The SMILES string of the molecule is COc1ccc(Cl)cc1C(=O)NCCSc1c(C)[nH]c2ccccc12. The molecule has 0 aliphatic heterocycles. The quantitative estimate of drug-likeness (QED) is 0.487. The lowest BCUT2D eigenvalue weighted by molar-refractivity contribution is 0.0953. The number of halogens is 1. The van der Waals surface area contributed by atoms with Gasteiger partial charge in [-0.05, 0) is 31.2 Å². The van der Waals surface area contributed by atoms with Gasteiger partial charge in [-0.3, -0.25) is 4.79 Å². The van der Waals surface area contributed by atoms with E-state index in [0.29, 0.717) is 22.9 Å². The van der Waals surface area contributed by atoms with Crippen LogP contribution in [0.5, 0.6) is 5.75 Å². The summed E-state index contributed by atoms with van der Waals surface area (Å²) in [5, 5.41) is 4.65. The van der Waals surface area contributed by atoms with E-state index in [4.69, 9.17) is 16.3 Å². The normalized spacial score (nSPS) is 10.8. The number of carbonyl (C=O) groups is 1. The predicted molar refractivity (Wildman–Crippen MR) is 104 cm³/mol. The van der Waals surface area contributed by atoms with Crippen molar-refractivity contribution < 1.29 is 9.53 Å². The molecule has 0 atom stereocenters. The zero-order chi connectivity index (χ0) is 17.8. The van der Waals surface area contributed by atoms with Crippen molar-refractivity contribution >= 4 is 40.2 Å². The van der Waals surface area contributed by atoms with E-state index < -0.39 is 0 Å². The van der Waals surface area contributed by atoms with Crippen LogP contribution in [-0.2, 0) is 0 Å². The Labute approximate surface area is 155 Å². The second kappa shape index (κ2) is 7.85. The Bertz CT molecular complexity index is 908. The number of thioether (sulfide) groups is 1. The molecule has 1 aromatic heterocycles. The molecule has 130 valence electrons. The highest BCUT2D eigenvalue weighted by molar-refractivity contribution is 7.99. The molecule has 25 heavy (non-hydrogen) atoms. The number of aryl methyl sites for hydroxylation is 1. The first-order valence-electron chi connectivity index (χ1n) is 7.92. The molecule has 0 unspecified atom stereocenters. The first-order chi connectivity index (χ1) is 12.1. The molecule has 0 bridgehead atoms. The van der Waals surface area contributed by atoms with Crippen molar-refractivity contribution in [2.45, 2.75) is 11.8 Å². The van der Waals surface area contributed by atoms with Crippen LogP contribution in [0.3, 0.4) is 0 Å². The highest BCUT2D eigenvalue weighted by Crippen LogP contribution is 2.31. The fourth-order valence-electron chi connectivity index (χ4n) is 2.71. The second-order valence-electron chi connectivity index (χ2n) is 5.57. The van der Waals surface area contributed by atoms with Crippen molar-refractivity contribution in [2.75, 3.05) is 19.4 Å². The number of benzene rings is 2. The number of methoxy groups -OCH3 is 1. The zero-order valence-corrected chi connectivity index (χ0v) is 15.6. The third-order valence-corrected chi connectivity index (χ3v) is 5.33. The van der Waals surface area contributed by atoms with Gasteiger partial charge in [-0.2, -0.15) is 0 Å². The number of rotatable bonds is 6. The molecular weight excluding hydrogens is 356 g/mol. The minimum atomic E-state index is -0.185. The Balaban J connectivity index is 1.61. The van der Waals surface area contributed by atoms with E-state index in [1.807, 2.05) is 12.1 Å². The molecule has 6 heteroatoms. The molecule has 0 aliphatic rings. The smallest absolute Gasteiger partial charge is 0.255 e. The van der Waals surface area contributed by atoms with Gasteiger partial charge in [0.05, 0.1) is 12.7 Å². The Morgan fingerprint density at radius 1 is 1.28 bits per heavy atom. The number of amides is 1. The molecule has 3 rings (SSSR count). The summed E-state index contributed by atoms with van der Waals surface area (Å²) in [6, 6.07) is 13.2. The number of hydrogen-bond donors (Lipinski definition) is 2. The van der Waals surface area contributed by atoms with Crippen LogP contribution in [0, 0.1) is 6.92 Å². The number of ether oxygens (including phenoxy) is 1. The number of carbonyl (C=O) groups excluding carboxylic acids is 1. The van der Waals surface area contributed by atoms with Gasteiger partial charge in [0.2, 0.25) is 0 Å². The van der Waals surface area contributed by atoms with Crippen LogP contribution < -0.4 is 10.1 Å². The van der Waals surface area contributed by atoms with Gasteiger partial charge < -0.3 is 15.0 Å². The summed E-state index contributed by atoms with van der Waals surface area (Å²) in [5.74, 6) is 1.11. The van der Waals surface area contributed by atoms with Gasteiger partial charge in [0.15, 0.2) is 0 Å². The molecule has 0 radical (unpaired) electrons. The largest absolute Gasteiger partial charge is 0.496 e. The van der Waals surface area contributed by atoms with Gasteiger partial charge in [0, 0.05) is 38.8 Å². The molecule has 1 amide bonds. The highest BCUT2D eigenvalue weighted by Gasteiger charge is 2.13. The topological polar surface area (TPSA) is 54.1 Å². The van der Waals surface area contributed by atoms with E-state index in [9.17, 15) is 4.79 Å². The van der Waals surface area contributed by atoms with Crippen LogP contribution in [-0.4, -0.2) is 30.3 Å². The van der Waals surface area contributed by atoms with Crippen LogP contribution in [0.15, 0.2) is 47.4 Å². The van der Waals surface area contributed by atoms with Crippen molar-refractivity contribution in [3.8, 4) is 5.75 Å². The van der Waals surface area contributed by atoms with Gasteiger partial charge in [-0.25, -0.2) is 0 Å². The molecule has 2 N–H and O–H groups in total. The van der Waals surface area contributed by atoms with Crippen molar-refractivity contribution in [1.29, 1.82) is 0 Å². The van der Waals surface area contributed by atoms with E-state index in [-0.39, 0.29) is 5.91 Å². The first kappa shape index (κ1) is 17.7. The van der Waals surface area contributed by atoms with Gasteiger partial charge in [0.1, 0.15) is 5.75 Å². The lowest BCUT2D eigenvalue weighted by Crippen LogP contribution is -2.26. The highest BCUT2D eigenvalue weighted by atomic mass is 35.5. The maximum atomic E-state index is 12.4. The monoisotopic (exact) mass is 374 g/mol.